The van der Waals surface area contributed by atoms with Crippen molar-refractivity contribution in [3.63, 3.8) is 0 Å². The molecule has 0 saturated carbocycles. The van der Waals surface area contributed by atoms with Crippen LogP contribution in [0.2, 0.25) is 0 Å². The topological polar surface area (TPSA) is 26.0 Å². The molecule has 0 bridgehead atoms. The Kier molecular flexibility index (Phi) is 3.53. The first-order valence-corrected chi connectivity index (χ1v) is 7.07. The van der Waals surface area contributed by atoms with Crippen molar-refractivity contribution in [2.24, 2.45) is 5.73 Å². The number of rotatable bonds is 3. The van der Waals surface area contributed by atoms with Crippen LogP contribution >= 0.6 is 0 Å². The molecule has 1 atom stereocenters. The molecule has 0 radical (unpaired) electrons. The predicted molar refractivity (Wildman–Crippen MR) is 86.7 cm³/mol. The molecule has 1 unspecified atom stereocenters. The van der Waals surface area contributed by atoms with Gasteiger partial charge in [0.1, 0.15) is 0 Å². The van der Waals surface area contributed by atoms with Crippen molar-refractivity contribution in [3.8, 4) is 11.1 Å². The lowest BCUT2D eigenvalue weighted by Gasteiger charge is -2.09. The second kappa shape index (κ2) is 5.48. The summed E-state index contributed by atoms with van der Waals surface area (Å²) in [4.78, 5) is 0. The molecule has 2 N–H and O–H groups in total. The van der Waals surface area contributed by atoms with Crippen molar-refractivity contribution in [3.05, 3.63) is 72.3 Å². The van der Waals surface area contributed by atoms with Gasteiger partial charge in [0.2, 0.25) is 0 Å². The smallest absolute Gasteiger partial charge is 0.00509 e. The van der Waals surface area contributed by atoms with Crippen LogP contribution in [-0.4, -0.2) is 6.04 Å². The van der Waals surface area contributed by atoms with Gasteiger partial charge in [0, 0.05) is 6.04 Å². The molecule has 0 aliphatic rings. The molecule has 0 fully saturated rings. The van der Waals surface area contributed by atoms with E-state index in [0.29, 0.717) is 0 Å². The van der Waals surface area contributed by atoms with Crippen LogP contribution in [0.25, 0.3) is 21.9 Å². The van der Waals surface area contributed by atoms with Crippen molar-refractivity contribution in [2.75, 3.05) is 0 Å². The molecular weight excluding hydrogens is 242 g/mol. The third-order valence-corrected chi connectivity index (χ3v) is 3.61. The van der Waals surface area contributed by atoms with Gasteiger partial charge in [0.25, 0.3) is 0 Å². The maximum absolute atomic E-state index is 5.85. The maximum Gasteiger partial charge on any atom is 0.00509 e. The minimum atomic E-state index is 0.207. The summed E-state index contributed by atoms with van der Waals surface area (Å²) in [5.41, 5.74) is 9.69. The monoisotopic (exact) mass is 261 g/mol. The van der Waals surface area contributed by atoms with Crippen LogP contribution < -0.4 is 5.73 Å². The van der Waals surface area contributed by atoms with Crippen LogP contribution in [0.5, 0.6) is 0 Å². The number of hydrogen-bond donors (Lipinski definition) is 1. The Morgan fingerprint density at radius 1 is 0.850 bits per heavy atom. The predicted octanol–water partition coefficient (Wildman–Crippen LogP) is 4.40. The summed E-state index contributed by atoms with van der Waals surface area (Å²) < 4.78 is 0. The third-order valence-electron chi connectivity index (χ3n) is 3.61. The number of benzene rings is 3. The fourth-order valence-electron chi connectivity index (χ4n) is 2.67. The number of nitrogens with two attached hydrogens (primary N) is 1. The minimum absolute atomic E-state index is 0.207. The van der Waals surface area contributed by atoms with E-state index in [9.17, 15) is 0 Å². The largest absolute Gasteiger partial charge is 0.328 e. The molecule has 0 amide bonds. The average molecular weight is 261 g/mol. The summed E-state index contributed by atoms with van der Waals surface area (Å²) in [6.45, 7) is 2.04. The minimum Gasteiger partial charge on any atom is -0.328 e. The van der Waals surface area contributed by atoms with Crippen molar-refractivity contribution in [1.82, 2.24) is 0 Å². The van der Waals surface area contributed by atoms with Gasteiger partial charge in [-0.1, -0.05) is 66.7 Å². The first-order valence-electron chi connectivity index (χ1n) is 7.07. The fraction of sp³-hybridized carbons (Fsp3) is 0.158. The molecule has 1 nitrogen and oxygen atoms in total. The standard InChI is InChI=1S/C19H19N/c1-14(20)13-15-9-11-17(12-10-15)19-8-4-6-16-5-2-3-7-18(16)19/h2-12,14H,13,20H2,1H3. The Morgan fingerprint density at radius 3 is 2.30 bits per heavy atom. The molecular formula is C19H19N. The van der Waals surface area contributed by atoms with Crippen molar-refractivity contribution >= 4 is 10.8 Å². The van der Waals surface area contributed by atoms with E-state index in [-0.39, 0.29) is 6.04 Å². The first kappa shape index (κ1) is 12.9. The Morgan fingerprint density at radius 2 is 1.55 bits per heavy atom. The zero-order valence-corrected chi connectivity index (χ0v) is 11.7. The molecule has 3 rings (SSSR count). The van der Waals surface area contributed by atoms with Gasteiger partial charge in [-0.2, -0.15) is 0 Å². The van der Waals surface area contributed by atoms with Crippen LogP contribution in [-0.2, 0) is 6.42 Å². The van der Waals surface area contributed by atoms with E-state index in [4.69, 9.17) is 5.73 Å². The van der Waals surface area contributed by atoms with Gasteiger partial charge in [-0.25, -0.2) is 0 Å². The van der Waals surface area contributed by atoms with Crippen LogP contribution in [0, 0.1) is 0 Å². The molecule has 0 spiro atoms. The molecule has 0 aromatic heterocycles. The van der Waals surface area contributed by atoms with Gasteiger partial charge >= 0.3 is 0 Å². The molecule has 100 valence electrons. The van der Waals surface area contributed by atoms with Crippen molar-refractivity contribution < 1.29 is 0 Å². The highest BCUT2D eigenvalue weighted by molar-refractivity contribution is 5.96. The lowest BCUT2D eigenvalue weighted by atomic mass is 9.96. The highest BCUT2D eigenvalue weighted by atomic mass is 14.6. The van der Waals surface area contributed by atoms with Gasteiger partial charge in [-0.15, -0.1) is 0 Å². The van der Waals surface area contributed by atoms with E-state index in [1.54, 1.807) is 0 Å². The van der Waals surface area contributed by atoms with Crippen LogP contribution in [0.15, 0.2) is 66.7 Å². The summed E-state index contributed by atoms with van der Waals surface area (Å²) in [7, 11) is 0. The molecule has 3 aromatic rings. The van der Waals surface area contributed by atoms with E-state index in [0.717, 1.165) is 6.42 Å². The molecule has 0 saturated heterocycles. The molecule has 3 aromatic carbocycles. The van der Waals surface area contributed by atoms with Crippen LogP contribution in [0.4, 0.5) is 0 Å². The Labute approximate surface area is 120 Å². The molecule has 0 aliphatic carbocycles. The molecule has 0 heterocycles. The van der Waals surface area contributed by atoms with Gasteiger partial charge < -0.3 is 5.73 Å². The van der Waals surface area contributed by atoms with Crippen molar-refractivity contribution in [2.45, 2.75) is 19.4 Å². The van der Waals surface area contributed by atoms with E-state index in [2.05, 4.69) is 66.7 Å². The SMILES string of the molecule is CC(N)Cc1ccc(-c2cccc3ccccc23)cc1. The second-order valence-corrected chi connectivity index (χ2v) is 5.41. The van der Waals surface area contributed by atoms with E-state index in [1.807, 2.05) is 6.92 Å². The number of hydrogen-bond acceptors (Lipinski definition) is 1. The van der Waals surface area contributed by atoms with E-state index >= 15 is 0 Å². The Hall–Kier alpha value is -2.12. The lowest BCUT2D eigenvalue weighted by molar-refractivity contribution is 0.738. The van der Waals surface area contributed by atoms with Gasteiger partial charge in [0.15, 0.2) is 0 Å². The molecule has 1 heteroatoms. The molecule has 20 heavy (non-hydrogen) atoms. The summed E-state index contributed by atoms with van der Waals surface area (Å²) in [5.74, 6) is 0. The lowest BCUT2D eigenvalue weighted by Crippen LogP contribution is -2.17. The quantitative estimate of drug-likeness (QED) is 0.743. The Bertz CT molecular complexity index is 706. The van der Waals surface area contributed by atoms with Crippen LogP contribution in [0.1, 0.15) is 12.5 Å². The number of fused-ring (bicyclic) bond motifs is 1. The third kappa shape index (κ3) is 2.59. The second-order valence-electron chi connectivity index (χ2n) is 5.41. The van der Waals surface area contributed by atoms with E-state index < -0.39 is 0 Å². The highest BCUT2D eigenvalue weighted by Gasteiger charge is 2.04. The maximum atomic E-state index is 5.85. The highest BCUT2D eigenvalue weighted by Crippen LogP contribution is 2.28. The summed E-state index contributed by atoms with van der Waals surface area (Å²) in [5, 5.41) is 2.58. The average Bonchev–Trinajstić information content (AvgIpc) is 2.47. The normalized spacial score (nSPS) is 12.5. The molecule has 0 aliphatic heterocycles. The summed E-state index contributed by atoms with van der Waals surface area (Å²) in [6.07, 6.45) is 0.926. The Balaban J connectivity index is 2.03. The fourth-order valence-corrected chi connectivity index (χ4v) is 2.67. The first-order chi connectivity index (χ1) is 9.74. The van der Waals surface area contributed by atoms with Gasteiger partial charge in [-0.3, -0.25) is 0 Å². The zero-order valence-electron chi connectivity index (χ0n) is 11.7. The zero-order chi connectivity index (χ0) is 13.9. The summed E-state index contributed by atoms with van der Waals surface area (Å²) >= 11 is 0. The van der Waals surface area contributed by atoms with Gasteiger partial charge in [-0.05, 0) is 40.8 Å². The van der Waals surface area contributed by atoms with Crippen molar-refractivity contribution in [1.29, 1.82) is 0 Å². The van der Waals surface area contributed by atoms with E-state index in [1.165, 1.54) is 27.5 Å². The summed E-state index contributed by atoms with van der Waals surface area (Å²) in [6, 6.07) is 23.9. The van der Waals surface area contributed by atoms with Crippen LogP contribution in [0.3, 0.4) is 0 Å². The van der Waals surface area contributed by atoms with Gasteiger partial charge in [0.05, 0.1) is 0 Å².